The molecule has 0 radical (unpaired) electrons. The Hall–Kier alpha value is -4.10. The van der Waals surface area contributed by atoms with E-state index in [9.17, 15) is 14.4 Å². The fraction of sp³-hybridized carbons (Fsp3) is 0.0417. The SMILES string of the molecule is COc1ccc(N2C(=O)C(Cl)=C(Nc3ccc(C(=O)Oc4ccccc4)cc3)C2=O)cc1. The van der Waals surface area contributed by atoms with Crippen LogP contribution in [-0.2, 0) is 9.59 Å². The maximum absolute atomic E-state index is 12.9. The van der Waals surface area contributed by atoms with Gasteiger partial charge in [-0.2, -0.15) is 0 Å². The standard InChI is InChI=1S/C24H17ClN2O5/c1-31-18-13-11-17(12-14-18)27-22(28)20(25)21(23(27)29)26-16-9-7-15(8-10-16)24(30)32-19-5-3-2-4-6-19/h2-14,26H,1H3. The highest BCUT2D eigenvalue weighted by Crippen LogP contribution is 2.31. The number of nitrogens with zero attached hydrogens (tertiary/aromatic N) is 1. The lowest BCUT2D eigenvalue weighted by Crippen LogP contribution is -2.32. The van der Waals surface area contributed by atoms with E-state index in [1.165, 1.54) is 7.11 Å². The van der Waals surface area contributed by atoms with E-state index in [0.29, 0.717) is 28.4 Å². The number of carbonyl (C=O) groups excluding carboxylic acids is 3. The molecule has 4 rings (SSSR count). The van der Waals surface area contributed by atoms with Gasteiger partial charge in [0.05, 0.1) is 18.4 Å². The van der Waals surface area contributed by atoms with Crippen LogP contribution in [0.25, 0.3) is 0 Å². The van der Waals surface area contributed by atoms with E-state index in [1.807, 2.05) is 6.07 Å². The van der Waals surface area contributed by atoms with Gasteiger partial charge in [0.2, 0.25) is 0 Å². The van der Waals surface area contributed by atoms with Crippen LogP contribution in [0.5, 0.6) is 11.5 Å². The smallest absolute Gasteiger partial charge is 0.343 e. The zero-order valence-electron chi connectivity index (χ0n) is 16.9. The minimum atomic E-state index is -0.632. The Morgan fingerprint density at radius 1 is 0.844 bits per heavy atom. The first-order valence-electron chi connectivity index (χ1n) is 9.55. The molecule has 1 N–H and O–H groups in total. The van der Waals surface area contributed by atoms with Crippen LogP contribution in [0.2, 0.25) is 0 Å². The number of hydrogen-bond donors (Lipinski definition) is 1. The summed E-state index contributed by atoms with van der Waals surface area (Å²) in [6, 6.07) is 21.5. The first-order valence-corrected chi connectivity index (χ1v) is 9.92. The normalized spacial score (nSPS) is 13.4. The van der Waals surface area contributed by atoms with Crippen molar-refractivity contribution >= 4 is 40.8 Å². The zero-order valence-corrected chi connectivity index (χ0v) is 17.6. The van der Waals surface area contributed by atoms with Gasteiger partial charge in [-0.25, -0.2) is 9.69 Å². The van der Waals surface area contributed by atoms with Gasteiger partial charge in [-0.1, -0.05) is 29.8 Å². The van der Waals surface area contributed by atoms with Crippen molar-refractivity contribution in [3.05, 3.63) is 95.2 Å². The van der Waals surface area contributed by atoms with Crippen LogP contribution in [0.1, 0.15) is 10.4 Å². The van der Waals surface area contributed by atoms with Gasteiger partial charge in [-0.15, -0.1) is 0 Å². The number of para-hydroxylation sites is 1. The molecule has 0 fully saturated rings. The second-order valence-corrected chi connectivity index (χ2v) is 7.12. The monoisotopic (exact) mass is 448 g/mol. The minimum Gasteiger partial charge on any atom is -0.497 e. The third-order valence-corrected chi connectivity index (χ3v) is 5.05. The van der Waals surface area contributed by atoms with E-state index in [0.717, 1.165) is 4.90 Å². The number of methoxy groups -OCH3 is 1. The van der Waals surface area contributed by atoms with Crippen LogP contribution >= 0.6 is 11.6 Å². The van der Waals surface area contributed by atoms with Crippen LogP contribution in [0.15, 0.2) is 89.6 Å². The summed E-state index contributed by atoms with van der Waals surface area (Å²) in [5.74, 6) is -0.704. The predicted molar refractivity (Wildman–Crippen MR) is 120 cm³/mol. The van der Waals surface area contributed by atoms with Crippen LogP contribution in [0.4, 0.5) is 11.4 Å². The van der Waals surface area contributed by atoms with Crippen molar-refractivity contribution in [1.29, 1.82) is 0 Å². The van der Waals surface area contributed by atoms with Crippen LogP contribution in [-0.4, -0.2) is 24.9 Å². The van der Waals surface area contributed by atoms with E-state index >= 15 is 0 Å². The zero-order chi connectivity index (χ0) is 22.7. The maximum Gasteiger partial charge on any atom is 0.343 e. The predicted octanol–water partition coefficient (Wildman–Crippen LogP) is 4.35. The maximum atomic E-state index is 12.9. The number of halogens is 1. The Morgan fingerprint density at radius 2 is 1.50 bits per heavy atom. The van der Waals surface area contributed by atoms with Crippen LogP contribution < -0.4 is 19.7 Å². The average molecular weight is 449 g/mol. The third kappa shape index (κ3) is 4.19. The molecule has 0 spiro atoms. The molecule has 0 aromatic heterocycles. The Kier molecular flexibility index (Phi) is 5.91. The van der Waals surface area contributed by atoms with Crippen LogP contribution in [0, 0.1) is 0 Å². The number of amides is 2. The highest BCUT2D eigenvalue weighted by atomic mass is 35.5. The lowest BCUT2D eigenvalue weighted by atomic mass is 10.2. The molecule has 2 amide bonds. The highest BCUT2D eigenvalue weighted by molar-refractivity contribution is 6.53. The quantitative estimate of drug-likeness (QED) is 0.343. The molecule has 8 heteroatoms. The molecule has 160 valence electrons. The molecule has 0 bridgehead atoms. The molecule has 0 aliphatic carbocycles. The molecule has 0 atom stereocenters. The van der Waals surface area contributed by atoms with E-state index in [4.69, 9.17) is 21.1 Å². The number of benzene rings is 3. The molecular weight excluding hydrogens is 432 g/mol. The minimum absolute atomic E-state index is 0.0490. The van der Waals surface area contributed by atoms with E-state index < -0.39 is 17.8 Å². The summed E-state index contributed by atoms with van der Waals surface area (Å²) in [6.45, 7) is 0. The molecule has 3 aromatic rings. The lowest BCUT2D eigenvalue weighted by molar-refractivity contribution is -0.120. The number of nitrogens with one attached hydrogen (secondary N) is 1. The van der Waals surface area contributed by atoms with Crippen LogP contribution in [0.3, 0.4) is 0 Å². The summed E-state index contributed by atoms with van der Waals surface area (Å²) in [4.78, 5) is 38.7. The average Bonchev–Trinajstić information content (AvgIpc) is 3.03. The topological polar surface area (TPSA) is 84.9 Å². The van der Waals surface area contributed by atoms with Crippen molar-refractivity contribution in [3.63, 3.8) is 0 Å². The first-order chi connectivity index (χ1) is 15.5. The second-order valence-electron chi connectivity index (χ2n) is 6.74. The lowest BCUT2D eigenvalue weighted by Gasteiger charge is -2.15. The van der Waals surface area contributed by atoms with Gasteiger partial charge in [0.15, 0.2) is 0 Å². The molecule has 7 nitrogen and oxygen atoms in total. The highest BCUT2D eigenvalue weighted by Gasteiger charge is 2.38. The second kappa shape index (κ2) is 8.95. The van der Waals surface area contributed by atoms with Gasteiger partial charge < -0.3 is 14.8 Å². The molecular formula is C24H17ClN2O5. The Balaban J connectivity index is 1.48. The number of ether oxygens (including phenoxy) is 2. The van der Waals surface area contributed by atoms with Gasteiger partial charge in [0, 0.05) is 5.69 Å². The third-order valence-electron chi connectivity index (χ3n) is 4.70. The van der Waals surface area contributed by atoms with E-state index in [2.05, 4.69) is 5.32 Å². The van der Waals surface area contributed by atoms with Gasteiger partial charge >= 0.3 is 5.97 Å². The summed E-state index contributed by atoms with van der Waals surface area (Å²) < 4.78 is 10.4. The number of imide groups is 1. The molecule has 1 heterocycles. The molecule has 1 aliphatic heterocycles. The van der Waals surface area contributed by atoms with Crippen molar-refractivity contribution in [2.24, 2.45) is 0 Å². The van der Waals surface area contributed by atoms with Gasteiger partial charge in [-0.05, 0) is 60.7 Å². The fourth-order valence-corrected chi connectivity index (χ4v) is 3.28. The number of hydrogen-bond acceptors (Lipinski definition) is 6. The molecule has 0 saturated heterocycles. The van der Waals surface area contributed by atoms with Crippen molar-refractivity contribution in [2.45, 2.75) is 0 Å². The molecule has 0 unspecified atom stereocenters. The Bertz CT molecular complexity index is 1210. The number of carbonyl (C=O) groups is 3. The molecule has 1 aliphatic rings. The summed E-state index contributed by atoms with van der Waals surface area (Å²) in [6.07, 6.45) is 0. The summed E-state index contributed by atoms with van der Waals surface area (Å²) >= 11 is 6.15. The van der Waals surface area contributed by atoms with Gasteiger partial charge in [0.25, 0.3) is 11.8 Å². The number of esters is 1. The summed E-state index contributed by atoms with van der Waals surface area (Å²) in [7, 11) is 1.52. The van der Waals surface area contributed by atoms with Gasteiger partial charge in [-0.3, -0.25) is 9.59 Å². The molecule has 32 heavy (non-hydrogen) atoms. The van der Waals surface area contributed by atoms with E-state index in [1.54, 1.807) is 72.8 Å². The van der Waals surface area contributed by atoms with E-state index in [-0.39, 0.29) is 10.7 Å². The first kappa shape index (κ1) is 21.1. The van der Waals surface area contributed by atoms with Crippen molar-refractivity contribution in [1.82, 2.24) is 0 Å². The van der Waals surface area contributed by atoms with Crippen molar-refractivity contribution in [2.75, 3.05) is 17.3 Å². The summed E-state index contributed by atoms with van der Waals surface area (Å²) in [5, 5.41) is 2.64. The summed E-state index contributed by atoms with van der Waals surface area (Å²) in [5.41, 5.74) is 1.13. The molecule has 3 aromatic carbocycles. The van der Waals surface area contributed by atoms with Crippen molar-refractivity contribution < 1.29 is 23.9 Å². The number of rotatable bonds is 6. The largest absolute Gasteiger partial charge is 0.497 e. The number of anilines is 2. The van der Waals surface area contributed by atoms with Crippen molar-refractivity contribution in [3.8, 4) is 11.5 Å². The Morgan fingerprint density at radius 3 is 2.12 bits per heavy atom. The molecule has 0 saturated carbocycles. The van der Waals surface area contributed by atoms with Gasteiger partial charge in [0.1, 0.15) is 22.2 Å². The fourth-order valence-electron chi connectivity index (χ4n) is 3.07. The Labute approximate surface area is 188 Å².